The maximum atomic E-state index is 12.5. The molecule has 1 aliphatic carbocycles. The van der Waals surface area contributed by atoms with Gasteiger partial charge in [0.05, 0.1) is 18.5 Å². The van der Waals surface area contributed by atoms with Crippen LogP contribution in [0.15, 0.2) is 30.5 Å². The van der Waals surface area contributed by atoms with Crippen molar-refractivity contribution in [1.29, 1.82) is 0 Å². The minimum atomic E-state index is -0.145. The average Bonchev–Trinajstić information content (AvgIpc) is 3.45. The van der Waals surface area contributed by atoms with Gasteiger partial charge in [0.25, 0.3) is 0 Å². The smallest absolute Gasteiger partial charge is 0.249 e. The molecule has 0 spiro atoms. The number of hydrogen-bond acceptors (Lipinski definition) is 6. The van der Waals surface area contributed by atoms with E-state index in [2.05, 4.69) is 26.3 Å². The lowest BCUT2D eigenvalue weighted by atomic mass is 10.1. The summed E-state index contributed by atoms with van der Waals surface area (Å²) in [5.41, 5.74) is 2.89. The quantitative estimate of drug-likeness (QED) is 0.923. The number of nitrogens with one attached hydrogen (secondary N) is 1. The van der Waals surface area contributed by atoms with Gasteiger partial charge in [-0.15, -0.1) is 0 Å². The second-order valence-electron chi connectivity index (χ2n) is 6.46. The first-order valence-corrected chi connectivity index (χ1v) is 8.42. The van der Waals surface area contributed by atoms with Crippen LogP contribution in [-0.2, 0) is 4.79 Å². The van der Waals surface area contributed by atoms with E-state index in [1.54, 1.807) is 24.3 Å². The summed E-state index contributed by atoms with van der Waals surface area (Å²) in [5.74, 6) is 1.12. The van der Waals surface area contributed by atoms with E-state index < -0.39 is 0 Å². The number of rotatable bonds is 4. The van der Waals surface area contributed by atoms with Crippen molar-refractivity contribution in [1.82, 2.24) is 9.97 Å². The van der Waals surface area contributed by atoms with Crippen molar-refractivity contribution >= 4 is 28.9 Å². The molecule has 2 aromatic rings. The summed E-state index contributed by atoms with van der Waals surface area (Å²) in [5, 5.41) is 3.22. The Balaban J connectivity index is 1.69. The van der Waals surface area contributed by atoms with Crippen LogP contribution in [0.3, 0.4) is 0 Å². The highest BCUT2D eigenvalue weighted by atomic mass is 16.5. The molecule has 130 valence electrons. The van der Waals surface area contributed by atoms with Crippen LogP contribution in [-0.4, -0.2) is 42.1 Å². The third-order valence-electron chi connectivity index (χ3n) is 4.76. The van der Waals surface area contributed by atoms with Crippen LogP contribution in [0.25, 0.3) is 0 Å². The maximum absolute atomic E-state index is 12.5. The van der Waals surface area contributed by atoms with Crippen LogP contribution in [0.5, 0.6) is 5.88 Å². The molecule has 1 saturated carbocycles. The zero-order chi connectivity index (χ0) is 17.6. The van der Waals surface area contributed by atoms with Crippen molar-refractivity contribution in [3.63, 3.8) is 0 Å². The number of hydrogen-bond donors (Lipinski definition) is 1. The third-order valence-corrected chi connectivity index (χ3v) is 4.76. The van der Waals surface area contributed by atoms with Crippen LogP contribution in [0.2, 0.25) is 0 Å². The molecule has 0 saturated heterocycles. The molecule has 1 aromatic heterocycles. The van der Waals surface area contributed by atoms with Gasteiger partial charge < -0.3 is 19.9 Å². The van der Waals surface area contributed by atoms with Crippen molar-refractivity contribution in [3.05, 3.63) is 30.5 Å². The lowest BCUT2D eigenvalue weighted by molar-refractivity contribution is -0.119. The molecule has 1 unspecified atom stereocenters. The second kappa shape index (κ2) is 5.91. The van der Waals surface area contributed by atoms with E-state index in [1.165, 1.54) is 0 Å². The summed E-state index contributed by atoms with van der Waals surface area (Å²) >= 11 is 0. The molecule has 0 radical (unpaired) electrons. The first-order valence-electron chi connectivity index (χ1n) is 8.42. The number of carbonyl (C=O) groups is 1. The minimum absolute atomic E-state index is 0.135. The van der Waals surface area contributed by atoms with Crippen LogP contribution in [0.4, 0.5) is 23.0 Å². The van der Waals surface area contributed by atoms with Gasteiger partial charge in [0.1, 0.15) is 6.04 Å². The highest BCUT2D eigenvalue weighted by Gasteiger charge is 2.41. The third kappa shape index (κ3) is 2.75. The van der Waals surface area contributed by atoms with Crippen LogP contribution >= 0.6 is 0 Å². The Kier molecular flexibility index (Phi) is 3.71. The summed E-state index contributed by atoms with van der Waals surface area (Å²) < 4.78 is 5.14. The van der Waals surface area contributed by atoms with Crippen molar-refractivity contribution in [2.75, 3.05) is 29.3 Å². The number of likely N-dealkylation sites (N-methyl/N-ethyl adjacent to an activating group) is 1. The average molecular weight is 339 g/mol. The largest absolute Gasteiger partial charge is 0.481 e. The van der Waals surface area contributed by atoms with Gasteiger partial charge in [0, 0.05) is 31.0 Å². The number of carbonyl (C=O) groups excluding carboxylic acids is 1. The molecule has 7 heteroatoms. The van der Waals surface area contributed by atoms with Gasteiger partial charge in [-0.2, -0.15) is 4.98 Å². The number of ether oxygens (including phenoxy) is 1. The Morgan fingerprint density at radius 3 is 2.76 bits per heavy atom. The molecule has 4 rings (SSSR count). The Labute approximate surface area is 146 Å². The molecule has 1 aromatic carbocycles. The number of anilines is 4. The lowest BCUT2D eigenvalue weighted by Crippen LogP contribution is -2.51. The van der Waals surface area contributed by atoms with Crippen LogP contribution in [0.1, 0.15) is 19.8 Å². The predicted octanol–water partition coefficient (Wildman–Crippen LogP) is 2.56. The standard InChI is InChI=1S/C18H21N5O2/c1-11-17(24)22(2)14-7-4-12(10-15(14)23(11)13-5-6-13)20-18-19-9-8-16(21-18)25-3/h4,7-11,13H,5-6H2,1-3H3,(H,19,20,21). The Morgan fingerprint density at radius 1 is 1.24 bits per heavy atom. The number of benzene rings is 1. The van der Waals surface area contributed by atoms with Gasteiger partial charge in [-0.3, -0.25) is 4.79 Å². The van der Waals surface area contributed by atoms with Crippen molar-refractivity contribution in [2.45, 2.75) is 31.8 Å². The lowest BCUT2D eigenvalue weighted by Gasteiger charge is -2.40. The van der Waals surface area contributed by atoms with E-state index in [0.29, 0.717) is 17.9 Å². The van der Waals surface area contributed by atoms with Gasteiger partial charge in [0.2, 0.25) is 17.7 Å². The Bertz CT molecular complexity index is 821. The monoisotopic (exact) mass is 339 g/mol. The molecule has 2 aliphatic rings. The molecule has 2 heterocycles. The summed E-state index contributed by atoms with van der Waals surface area (Å²) in [6, 6.07) is 7.98. The molecular weight excluding hydrogens is 318 g/mol. The Hall–Kier alpha value is -2.83. The minimum Gasteiger partial charge on any atom is -0.481 e. The molecule has 1 amide bonds. The molecule has 1 aliphatic heterocycles. The van der Waals surface area contributed by atoms with Crippen LogP contribution < -0.4 is 19.9 Å². The van der Waals surface area contributed by atoms with Crippen molar-refractivity contribution in [2.24, 2.45) is 0 Å². The van der Waals surface area contributed by atoms with Gasteiger partial charge in [-0.1, -0.05) is 0 Å². The molecular formula is C18H21N5O2. The number of amides is 1. The van der Waals surface area contributed by atoms with E-state index >= 15 is 0 Å². The van der Waals surface area contributed by atoms with Gasteiger partial charge in [-0.25, -0.2) is 4.98 Å². The van der Waals surface area contributed by atoms with E-state index in [-0.39, 0.29) is 11.9 Å². The molecule has 1 fully saturated rings. The fourth-order valence-corrected chi connectivity index (χ4v) is 3.33. The number of methoxy groups -OCH3 is 1. The number of nitrogens with zero attached hydrogens (tertiary/aromatic N) is 4. The topological polar surface area (TPSA) is 70.6 Å². The summed E-state index contributed by atoms with van der Waals surface area (Å²) in [7, 11) is 3.41. The second-order valence-corrected chi connectivity index (χ2v) is 6.46. The predicted molar refractivity (Wildman–Crippen MR) is 96.7 cm³/mol. The number of aromatic nitrogens is 2. The van der Waals surface area contributed by atoms with Gasteiger partial charge in [-0.05, 0) is 38.0 Å². The van der Waals surface area contributed by atoms with E-state index in [1.807, 2.05) is 26.1 Å². The van der Waals surface area contributed by atoms with E-state index in [0.717, 1.165) is 29.9 Å². The molecule has 7 nitrogen and oxygen atoms in total. The molecule has 1 N–H and O–H groups in total. The first-order chi connectivity index (χ1) is 12.1. The SMILES string of the molecule is COc1ccnc(Nc2ccc3c(c2)N(C2CC2)C(C)C(=O)N3C)n1. The van der Waals surface area contributed by atoms with E-state index in [9.17, 15) is 4.79 Å². The summed E-state index contributed by atoms with van der Waals surface area (Å²) in [6.45, 7) is 1.98. The maximum Gasteiger partial charge on any atom is 0.249 e. The summed E-state index contributed by atoms with van der Waals surface area (Å²) in [6.07, 6.45) is 3.92. The highest BCUT2D eigenvalue weighted by Crippen LogP contribution is 2.43. The Morgan fingerprint density at radius 2 is 2.04 bits per heavy atom. The highest BCUT2D eigenvalue weighted by molar-refractivity contribution is 6.05. The fraction of sp³-hybridized carbons (Fsp3) is 0.389. The van der Waals surface area contributed by atoms with Crippen molar-refractivity contribution < 1.29 is 9.53 Å². The molecule has 0 bridgehead atoms. The number of fused-ring (bicyclic) bond motifs is 1. The van der Waals surface area contributed by atoms with Gasteiger partial charge >= 0.3 is 0 Å². The molecule has 25 heavy (non-hydrogen) atoms. The van der Waals surface area contributed by atoms with Crippen molar-refractivity contribution in [3.8, 4) is 5.88 Å². The van der Waals surface area contributed by atoms with Crippen LogP contribution in [0, 0.1) is 0 Å². The fourth-order valence-electron chi connectivity index (χ4n) is 3.33. The zero-order valence-electron chi connectivity index (χ0n) is 14.6. The van der Waals surface area contributed by atoms with Gasteiger partial charge in [0.15, 0.2) is 0 Å². The first kappa shape index (κ1) is 15.7. The normalized spacial score (nSPS) is 19.6. The zero-order valence-corrected chi connectivity index (χ0v) is 14.6. The van der Waals surface area contributed by atoms with E-state index in [4.69, 9.17) is 4.74 Å². The summed E-state index contributed by atoms with van der Waals surface area (Å²) in [4.78, 5) is 25.0. The molecule has 1 atom stereocenters.